The van der Waals surface area contributed by atoms with Crippen LogP contribution in [0.2, 0.25) is 0 Å². The summed E-state index contributed by atoms with van der Waals surface area (Å²) in [6.45, 7) is 4.79. The summed E-state index contributed by atoms with van der Waals surface area (Å²) in [7, 11) is 0. The highest BCUT2D eigenvalue weighted by atomic mass is 19.1. The molecule has 0 bridgehead atoms. The maximum Gasteiger partial charge on any atom is 0.270 e. The van der Waals surface area contributed by atoms with Crippen molar-refractivity contribution in [2.45, 2.75) is 45.8 Å². The van der Waals surface area contributed by atoms with E-state index in [1.165, 1.54) is 12.5 Å². The fraction of sp³-hybridized carbons (Fsp3) is 0.357. The Balaban J connectivity index is 1.46. The number of halogens is 1. The van der Waals surface area contributed by atoms with Gasteiger partial charge in [-0.25, -0.2) is 14.4 Å². The van der Waals surface area contributed by atoms with Crippen molar-refractivity contribution in [2.24, 2.45) is 5.92 Å². The second-order valence-electron chi connectivity index (χ2n) is 9.36. The smallest absolute Gasteiger partial charge is 0.270 e. The Morgan fingerprint density at radius 3 is 2.32 bits per heavy atom. The summed E-state index contributed by atoms with van der Waals surface area (Å²) in [5.41, 5.74) is 11.0. The summed E-state index contributed by atoms with van der Waals surface area (Å²) >= 11 is 0. The molecule has 2 unspecified atom stereocenters. The van der Waals surface area contributed by atoms with Gasteiger partial charge >= 0.3 is 0 Å². The van der Waals surface area contributed by atoms with Crippen molar-refractivity contribution in [1.82, 2.24) is 25.5 Å². The minimum Gasteiger partial charge on any atom is -0.414 e. The van der Waals surface area contributed by atoms with Gasteiger partial charge < -0.3 is 20.6 Å². The number of alkyl halides is 1. The molecule has 0 spiro atoms. The van der Waals surface area contributed by atoms with E-state index in [4.69, 9.17) is 15.3 Å². The van der Waals surface area contributed by atoms with Crippen LogP contribution in [0.4, 0.5) is 10.2 Å². The normalized spacial score (nSPS) is 13.0. The molecule has 0 saturated carbocycles. The van der Waals surface area contributed by atoms with Gasteiger partial charge in [0, 0.05) is 30.8 Å². The molecule has 0 fully saturated rings. The number of aromatic nitrogens is 4. The molecule has 8 nitrogen and oxygen atoms in total. The Morgan fingerprint density at radius 2 is 1.62 bits per heavy atom. The summed E-state index contributed by atoms with van der Waals surface area (Å²) in [6, 6.07) is 15.8. The number of nitrogens with zero attached hydrogens (tertiary/aromatic N) is 4. The third kappa shape index (κ3) is 7.18. The number of aliphatic hydroxyl groups is 1. The third-order valence-corrected chi connectivity index (χ3v) is 6.18. The van der Waals surface area contributed by atoms with Crippen LogP contribution in [0.25, 0.3) is 34.3 Å². The average molecular weight is 505 g/mol. The molecule has 0 aliphatic rings. The zero-order chi connectivity index (χ0) is 26.2. The quantitative estimate of drug-likeness (QED) is 0.250. The second-order valence-corrected chi connectivity index (χ2v) is 9.36. The Morgan fingerprint density at radius 1 is 0.946 bits per heavy atom. The molecule has 2 aromatic carbocycles. The van der Waals surface area contributed by atoms with E-state index in [-0.39, 0.29) is 18.3 Å². The number of rotatable bonds is 12. The summed E-state index contributed by atoms with van der Waals surface area (Å²) in [5.74, 6) is 1.23. The van der Waals surface area contributed by atoms with Crippen LogP contribution in [-0.2, 0) is 13.0 Å². The molecule has 2 heterocycles. The van der Waals surface area contributed by atoms with Gasteiger partial charge in [0.1, 0.15) is 6.17 Å². The Kier molecular flexibility index (Phi) is 8.92. The van der Waals surface area contributed by atoms with Crippen molar-refractivity contribution in [2.75, 3.05) is 18.9 Å². The number of anilines is 1. The molecule has 4 rings (SSSR count). The highest BCUT2D eigenvalue weighted by Gasteiger charge is 2.17. The zero-order valence-corrected chi connectivity index (χ0v) is 21.2. The fourth-order valence-corrected chi connectivity index (χ4v) is 3.93. The molecule has 2 aromatic heterocycles. The average Bonchev–Trinajstić information content (AvgIpc) is 3.39. The number of benzene rings is 2. The lowest BCUT2D eigenvalue weighted by molar-refractivity contribution is 0.258. The van der Waals surface area contributed by atoms with E-state index in [2.05, 4.69) is 44.5 Å². The third-order valence-electron chi connectivity index (χ3n) is 6.18. The Labute approximate surface area is 216 Å². The molecular weight excluding hydrogens is 471 g/mol. The van der Waals surface area contributed by atoms with Crippen molar-refractivity contribution in [1.29, 1.82) is 0 Å². The van der Waals surface area contributed by atoms with Crippen LogP contribution in [0.3, 0.4) is 0 Å². The van der Waals surface area contributed by atoms with Crippen LogP contribution >= 0.6 is 0 Å². The van der Waals surface area contributed by atoms with Crippen LogP contribution < -0.4 is 11.1 Å². The second kappa shape index (κ2) is 12.5. The van der Waals surface area contributed by atoms with Crippen molar-refractivity contribution in [3.05, 3.63) is 65.9 Å². The Bertz CT molecular complexity index is 1270. The van der Waals surface area contributed by atoms with E-state index >= 15 is 0 Å². The summed E-state index contributed by atoms with van der Waals surface area (Å²) in [5, 5.41) is 20.5. The number of aryl methyl sites for hydroxylation is 1. The standard InChI is InChI=1S/C28H33FN6O2/c1-18(13-14-36)3-4-20-5-9-22(10-6-20)24-17-32-26(30)25(33-24)28-35-34-27(37-28)23-11-7-21(8-12-23)16-31-15-19(2)29/h5-12,17-19,31,36H,3-4,13-16H2,1-2H3,(H2,30,32). The predicted octanol–water partition coefficient (Wildman–Crippen LogP) is 4.84. The molecule has 9 heteroatoms. The van der Waals surface area contributed by atoms with Crippen molar-refractivity contribution >= 4 is 5.82 Å². The van der Waals surface area contributed by atoms with Gasteiger partial charge in [-0.05, 0) is 55.4 Å². The number of nitrogen functional groups attached to an aromatic ring is 1. The number of aliphatic hydroxyl groups excluding tert-OH is 1. The molecule has 0 amide bonds. The first-order valence-corrected chi connectivity index (χ1v) is 12.5. The summed E-state index contributed by atoms with van der Waals surface area (Å²) < 4.78 is 18.8. The minimum absolute atomic E-state index is 0.194. The van der Waals surface area contributed by atoms with Gasteiger partial charge in [0.25, 0.3) is 5.89 Å². The molecule has 194 valence electrons. The highest BCUT2D eigenvalue weighted by Crippen LogP contribution is 2.28. The SMILES string of the molecule is CC(F)CNCc1ccc(-c2nnc(-c3nc(-c4ccc(CCC(C)CCO)cc4)cnc3N)o2)cc1. The number of hydrogen-bond donors (Lipinski definition) is 3. The molecule has 37 heavy (non-hydrogen) atoms. The molecule has 4 aromatic rings. The van der Waals surface area contributed by atoms with Crippen LogP contribution in [0.1, 0.15) is 37.8 Å². The number of hydrogen-bond acceptors (Lipinski definition) is 8. The molecule has 0 radical (unpaired) electrons. The van der Waals surface area contributed by atoms with Crippen LogP contribution in [-0.4, -0.2) is 44.6 Å². The fourth-order valence-electron chi connectivity index (χ4n) is 3.93. The van der Waals surface area contributed by atoms with Gasteiger partial charge in [0.2, 0.25) is 5.89 Å². The van der Waals surface area contributed by atoms with E-state index < -0.39 is 6.17 Å². The highest BCUT2D eigenvalue weighted by molar-refractivity contribution is 5.68. The molecule has 0 aliphatic carbocycles. The van der Waals surface area contributed by atoms with Gasteiger partial charge in [0.15, 0.2) is 11.5 Å². The van der Waals surface area contributed by atoms with E-state index in [9.17, 15) is 4.39 Å². The molecule has 2 atom stereocenters. The van der Waals surface area contributed by atoms with Crippen molar-refractivity contribution < 1.29 is 13.9 Å². The number of nitrogens with one attached hydrogen (secondary N) is 1. The molecule has 0 saturated heterocycles. The van der Waals surface area contributed by atoms with E-state index in [0.29, 0.717) is 36.3 Å². The topological polar surface area (TPSA) is 123 Å². The summed E-state index contributed by atoms with van der Waals surface area (Å²) in [4.78, 5) is 8.96. The largest absolute Gasteiger partial charge is 0.414 e. The van der Waals surface area contributed by atoms with E-state index in [0.717, 1.165) is 36.0 Å². The van der Waals surface area contributed by atoms with Crippen molar-refractivity contribution in [3.63, 3.8) is 0 Å². The monoisotopic (exact) mass is 504 g/mol. The van der Waals surface area contributed by atoms with E-state index in [1.54, 1.807) is 6.20 Å². The van der Waals surface area contributed by atoms with Crippen LogP contribution in [0.15, 0.2) is 59.1 Å². The first-order valence-electron chi connectivity index (χ1n) is 12.5. The predicted molar refractivity (Wildman–Crippen MR) is 142 cm³/mol. The van der Waals surface area contributed by atoms with Gasteiger partial charge in [-0.1, -0.05) is 43.3 Å². The lowest BCUT2D eigenvalue weighted by Crippen LogP contribution is -2.21. The van der Waals surface area contributed by atoms with Gasteiger partial charge in [0.05, 0.1) is 11.9 Å². The van der Waals surface area contributed by atoms with Crippen LogP contribution in [0, 0.1) is 5.92 Å². The minimum atomic E-state index is -0.888. The Hall–Kier alpha value is -3.69. The maximum atomic E-state index is 13.0. The van der Waals surface area contributed by atoms with Gasteiger partial charge in [-0.3, -0.25) is 0 Å². The van der Waals surface area contributed by atoms with Gasteiger partial charge in [-0.2, -0.15) is 0 Å². The maximum absolute atomic E-state index is 13.0. The number of nitrogens with two attached hydrogens (primary N) is 1. The van der Waals surface area contributed by atoms with Gasteiger partial charge in [-0.15, -0.1) is 10.2 Å². The first-order chi connectivity index (χ1) is 17.9. The van der Waals surface area contributed by atoms with E-state index in [1.807, 2.05) is 36.4 Å². The first kappa shape index (κ1) is 26.4. The lowest BCUT2D eigenvalue weighted by Gasteiger charge is -2.10. The molecule has 0 aliphatic heterocycles. The molecule has 4 N–H and O–H groups in total. The van der Waals surface area contributed by atoms with Crippen LogP contribution in [0.5, 0.6) is 0 Å². The zero-order valence-electron chi connectivity index (χ0n) is 21.2. The summed E-state index contributed by atoms with van der Waals surface area (Å²) in [6.07, 6.45) is 3.55. The molecular formula is C28H33FN6O2. The lowest BCUT2D eigenvalue weighted by atomic mass is 9.98. The van der Waals surface area contributed by atoms with Crippen molar-refractivity contribution in [3.8, 4) is 34.3 Å².